The monoisotopic (exact) mass is 308 g/mol. The third kappa shape index (κ3) is 3.34. The molecule has 1 saturated heterocycles. The fourth-order valence-electron chi connectivity index (χ4n) is 2.02. The van der Waals surface area contributed by atoms with Crippen LogP contribution in [-0.4, -0.2) is 40.6 Å². The van der Waals surface area contributed by atoms with Crippen LogP contribution in [0.4, 0.5) is 15.0 Å². The van der Waals surface area contributed by atoms with Gasteiger partial charge in [-0.25, -0.2) is 19.2 Å². The minimum atomic E-state index is -0.441. The van der Waals surface area contributed by atoms with E-state index >= 15 is 0 Å². The summed E-state index contributed by atoms with van der Waals surface area (Å²) in [6, 6.07) is 2.39. The van der Waals surface area contributed by atoms with Gasteiger partial charge in [0.1, 0.15) is 22.7 Å². The molecule has 8 heteroatoms. The van der Waals surface area contributed by atoms with Gasteiger partial charge in [0.25, 0.3) is 0 Å². The predicted molar refractivity (Wildman–Crippen MR) is 75.6 cm³/mol. The van der Waals surface area contributed by atoms with Gasteiger partial charge in [0.05, 0.1) is 19.3 Å². The average molecular weight is 308 g/mol. The van der Waals surface area contributed by atoms with Crippen molar-refractivity contribution < 1.29 is 13.9 Å². The summed E-state index contributed by atoms with van der Waals surface area (Å²) in [7, 11) is 0. The number of halogens is 1. The Kier molecular flexibility index (Phi) is 4.07. The number of urea groups is 1. The highest BCUT2D eigenvalue weighted by molar-refractivity contribution is 7.09. The lowest BCUT2D eigenvalue weighted by Gasteiger charge is -2.31. The summed E-state index contributed by atoms with van der Waals surface area (Å²) in [5, 5.41) is 5.37. The zero-order chi connectivity index (χ0) is 14.7. The van der Waals surface area contributed by atoms with Gasteiger partial charge < -0.3 is 9.64 Å². The molecule has 3 heterocycles. The molecule has 1 atom stereocenters. The van der Waals surface area contributed by atoms with E-state index < -0.39 is 5.82 Å². The van der Waals surface area contributed by atoms with E-state index in [9.17, 15) is 9.18 Å². The number of nitrogens with zero attached hydrogens (tertiary/aromatic N) is 3. The Morgan fingerprint density at radius 2 is 2.38 bits per heavy atom. The Labute approximate surface area is 124 Å². The van der Waals surface area contributed by atoms with E-state index in [0.29, 0.717) is 25.5 Å². The molecule has 1 unspecified atom stereocenters. The summed E-state index contributed by atoms with van der Waals surface area (Å²) in [5.41, 5.74) is 0. The van der Waals surface area contributed by atoms with Gasteiger partial charge in [0, 0.05) is 18.1 Å². The van der Waals surface area contributed by atoms with Crippen molar-refractivity contribution in [1.82, 2.24) is 14.9 Å². The van der Waals surface area contributed by atoms with Crippen molar-refractivity contribution in [2.45, 2.75) is 6.10 Å². The second-order valence-electron chi connectivity index (χ2n) is 4.47. The number of anilines is 1. The van der Waals surface area contributed by atoms with E-state index in [4.69, 9.17) is 4.74 Å². The molecule has 1 aliphatic rings. The number of morpholine rings is 1. The summed E-state index contributed by atoms with van der Waals surface area (Å²) in [5.74, 6) is -0.123. The third-order valence-corrected chi connectivity index (χ3v) is 3.91. The second kappa shape index (κ2) is 6.15. The predicted octanol–water partition coefficient (Wildman–Crippen LogP) is 2.28. The van der Waals surface area contributed by atoms with Gasteiger partial charge in [-0.3, -0.25) is 5.32 Å². The van der Waals surface area contributed by atoms with E-state index in [2.05, 4.69) is 15.3 Å². The van der Waals surface area contributed by atoms with Crippen LogP contribution in [0.15, 0.2) is 29.9 Å². The van der Waals surface area contributed by atoms with Crippen LogP contribution in [0.25, 0.3) is 0 Å². The Morgan fingerprint density at radius 1 is 1.48 bits per heavy atom. The summed E-state index contributed by atoms with van der Waals surface area (Å²) in [4.78, 5) is 21.8. The SMILES string of the molecule is O=C(Nc1ccc(F)cn1)N1CCOC(c2nccs2)C1. The van der Waals surface area contributed by atoms with Gasteiger partial charge in [-0.05, 0) is 12.1 Å². The minimum absolute atomic E-state index is 0.203. The molecule has 0 saturated carbocycles. The van der Waals surface area contributed by atoms with Crippen molar-refractivity contribution >= 4 is 23.2 Å². The van der Waals surface area contributed by atoms with Gasteiger partial charge in [0.15, 0.2) is 0 Å². The summed E-state index contributed by atoms with van der Waals surface area (Å²) in [6.07, 6.45) is 2.57. The van der Waals surface area contributed by atoms with Crippen molar-refractivity contribution in [3.63, 3.8) is 0 Å². The van der Waals surface area contributed by atoms with Gasteiger partial charge >= 0.3 is 6.03 Å². The molecule has 1 N–H and O–H groups in total. The van der Waals surface area contributed by atoms with Crippen molar-refractivity contribution in [2.24, 2.45) is 0 Å². The largest absolute Gasteiger partial charge is 0.367 e. The topological polar surface area (TPSA) is 67.4 Å². The molecule has 2 amide bonds. The van der Waals surface area contributed by atoms with Crippen LogP contribution in [0.3, 0.4) is 0 Å². The maximum absolute atomic E-state index is 12.8. The molecule has 0 radical (unpaired) electrons. The minimum Gasteiger partial charge on any atom is -0.367 e. The maximum atomic E-state index is 12.8. The lowest BCUT2D eigenvalue weighted by molar-refractivity contribution is -0.0136. The molecule has 110 valence electrons. The standard InChI is InChI=1S/C13H13FN4O2S/c14-9-1-2-11(16-7-9)17-13(19)18-4-5-20-10(8-18)12-15-3-6-21-12/h1-3,6-7,10H,4-5,8H2,(H,16,17,19). The third-order valence-electron chi connectivity index (χ3n) is 3.04. The molecular weight excluding hydrogens is 295 g/mol. The van der Waals surface area contributed by atoms with Crippen LogP contribution in [-0.2, 0) is 4.74 Å². The second-order valence-corrected chi connectivity index (χ2v) is 5.39. The van der Waals surface area contributed by atoms with Crippen LogP contribution in [0, 0.1) is 5.82 Å². The smallest absolute Gasteiger partial charge is 0.323 e. The number of rotatable bonds is 2. The van der Waals surface area contributed by atoms with Crippen LogP contribution in [0.2, 0.25) is 0 Å². The molecule has 21 heavy (non-hydrogen) atoms. The van der Waals surface area contributed by atoms with Crippen LogP contribution < -0.4 is 5.32 Å². The van der Waals surface area contributed by atoms with E-state index in [1.807, 2.05) is 5.38 Å². The highest BCUT2D eigenvalue weighted by atomic mass is 32.1. The first-order valence-corrected chi connectivity index (χ1v) is 7.29. The molecule has 3 rings (SSSR count). The molecule has 0 aromatic carbocycles. The van der Waals surface area contributed by atoms with Crippen LogP contribution >= 0.6 is 11.3 Å². The number of carbonyl (C=O) groups excluding carboxylic acids is 1. The molecule has 0 spiro atoms. The number of pyridine rings is 1. The Morgan fingerprint density at radius 3 is 3.10 bits per heavy atom. The summed E-state index contributed by atoms with van der Waals surface area (Å²) in [6.45, 7) is 1.38. The Balaban J connectivity index is 1.63. The van der Waals surface area contributed by atoms with Gasteiger partial charge in [-0.2, -0.15) is 0 Å². The van der Waals surface area contributed by atoms with Crippen molar-refractivity contribution in [1.29, 1.82) is 0 Å². The molecular formula is C13H13FN4O2S. The zero-order valence-electron chi connectivity index (χ0n) is 11.0. The number of hydrogen-bond acceptors (Lipinski definition) is 5. The molecule has 0 aliphatic carbocycles. The van der Waals surface area contributed by atoms with E-state index in [1.54, 1.807) is 11.1 Å². The normalized spacial score (nSPS) is 18.5. The number of amides is 2. The fraction of sp³-hybridized carbons (Fsp3) is 0.308. The number of hydrogen-bond donors (Lipinski definition) is 1. The average Bonchev–Trinajstić information content (AvgIpc) is 3.04. The fourth-order valence-corrected chi connectivity index (χ4v) is 2.69. The van der Waals surface area contributed by atoms with Gasteiger partial charge in [-0.1, -0.05) is 0 Å². The van der Waals surface area contributed by atoms with E-state index in [-0.39, 0.29) is 12.1 Å². The molecule has 1 aliphatic heterocycles. The number of thiazole rings is 1. The highest BCUT2D eigenvalue weighted by Crippen LogP contribution is 2.24. The zero-order valence-corrected chi connectivity index (χ0v) is 11.8. The first-order chi connectivity index (χ1) is 10.2. The van der Waals surface area contributed by atoms with Crippen molar-refractivity contribution in [3.8, 4) is 0 Å². The lowest BCUT2D eigenvalue weighted by Crippen LogP contribution is -2.44. The molecule has 0 bridgehead atoms. The maximum Gasteiger partial charge on any atom is 0.323 e. The Hall–Kier alpha value is -2.06. The van der Waals surface area contributed by atoms with E-state index in [1.165, 1.54) is 23.5 Å². The van der Waals surface area contributed by atoms with Crippen LogP contribution in [0.1, 0.15) is 11.1 Å². The van der Waals surface area contributed by atoms with Crippen molar-refractivity contribution in [2.75, 3.05) is 25.0 Å². The quantitative estimate of drug-likeness (QED) is 0.924. The Bertz CT molecular complexity index is 605. The molecule has 2 aromatic heterocycles. The molecule has 1 fully saturated rings. The highest BCUT2D eigenvalue weighted by Gasteiger charge is 2.27. The number of carbonyl (C=O) groups is 1. The summed E-state index contributed by atoms with van der Waals surface area (Å²) < 4.78 is 18.4. The first kappa shape index (κ1) is 13.9. The van der Waals surface area contributed by atoms with Crippen molar-refractivity contribution in [3.05, 3.63) is 40.7 Å². The summed E-state index contributed by atoms with van der Waals surface area (Å²) >= 11 is 1.50. The number of nitrogens with one attached hydrogen (secondary N) is 1. The lowest BCUT2D eigenvalue weighted by atomic mass is 10.3. The number of aromatic nitrogens is 2. The molecule has 6 nitrogen and oxygen atoms in total. The van der Waals surface area contributed by atoms with Gasteiger partial charge in [0.2, 0.25) is 0 Å². The van der Waals surface area contributed by atoms with E-state index in [0.717, 1.165) is 11.2 Å². The van der Waals surface area contributed by atoms with Crippen LogP contribution in [0.5, 0.6) is 0 Å². The first-order valence-electron chi connectivity index (χ1n) is 6.41. The molecule has 2 aromatic rings. The number of ether oxygens (including phenoxy) is 1. The van der Waals surface area contributed by atoms with Gasteiger partial charge in [-0.15, -0.1) is 11.3 Å².